The van der Waals surface area contributed by atoms with Crippen LogP contribution < -0.4 is 10.6 Å². The molecule has 0 radical (unpaired) electrons. The van der Waals surface area contributed by atoms with Gasteiger partial charge < -0.3 is 20.0 Å². The quantitative estimate of drug-likeness (QED) is 0.651. The van der Waals surface area contributed by atoms with Crippen molar-refractivity contribution < 1.29 is 9.21 Å². The van der Waals surface area contributed by atoms with E-state index in [1.54, 1.807) is 0 Å². The Morgan fingerprint density at radius 3 is 2.79 bits per heavy atom. The standard InChI is InChI=1S/C18H24N4O2/c1-2-19-18(21-13-17(23)22-9-5-6-10-22)20-12-15-11-14-7-3-4-8-16(14)24-15/h3-4,7-8,11H,2,5-6,9-10,12-13H2,1H3,(H2,19,20,21). The summed E-state index contributed by atoms with van der Waals surface area (Å²) in [5.41, 5.74) is 0.875. The first-order chi connectivity index (χ1) is 11.8. The highest BCUT2D eigenvalue weighted by atomic mass is 16.3. The molecule has 0 aliphatic carbocycles. The van der Waals surface area contributed by atoms with Crippen LogP contribution in [0.5, 0.6) is 0 Å². The SMILES string of the molecule is CCNC(=NCC(=O)N1CCCC1)NCc1cc2ccccc2o1. The Bertz CT molecular complexity index is 684. The highest BCUT2D eigenvalue weighted by Gasteiger charge is 2.17. The lowest BCUT2D eigenvalue weighted by atomic mass is 10.2. The summed E-state index contributed by atoms with van der Waals surface area (Å²) in [4.78, 5) is 18.4. The fourth-order valence-corrected chi connectivity index (χ4v) is 2.85. The van der Waals surface area contributed by atoms with E-state index in [4.69, 9.17) is 4.42 Å². The normalized spacial score (nSPS) is 15.0. The lowest BCUT2D eigenvalue weighted by molar-refractivity contribution is -0.128. The van der Waals surface area contributed by atoms with Gasteiger partial charge in [0.25, 0.3) is 0 Å². The van der Waals surface area contributed by atoms with Gasteiger partial charge in [0.2, 0.25) is 5.91 Å². The highest BCUT2D eigenvalue weighted by Crippen LogP contribution is 2.18. The van der Waals surface area contributed by atoms with E-state index in [1.165, 1.54) is 0 Å². The molecular formula is C18H24N4O2. The van der Waals surface area contributed by atoms with Crippen LogP contribution in [0, 0.1) is 0 Å². The van der Waals surface area contributed by atoms with Crippen molar-refractivity contribution in [1.29, 1.82) is 0 Å². The molecule has 2 N–H and O–H groups in total. The van der Waals surface area contributed by atoms with Crippen molar-refractivity contribution in [2.24, 2.45) is 4.99 Å². The van der Waals surface area contributed by atoms with Crippen LogP contribution in [-0.2, 0) is 11.3 Å². The third kappa shape index (κ3) is 4.07. The Balaban J connectivity index is 1.58. The van der Waals surface area contributed by atoms with Crippen LogP contribution in [0.3, 0.4) is 0 Å². The van der Waals surface area contributed by atoms with Gasteiger partial charge in [-0.1, -0.05) is 18.2 Å². The molecule has 6 heteroatoms. The average molecular weight is 328 g/mol. The molecule has 1 saturated heterocycles. The number of nitrogens with one attached hydrogen (secondary N) is 2. The number of rotatable bonds is 5. The van der Waals surface area contributed by atoms with Gasteiger partial charge in [0, 0.05) is 25.0 Å². The summed E-state index contributed by atoms with van der Waals surface area (Å²) >= 11 is 0. The van der Waals surface area contributed by atoms with E-state index in [2.05, 4.69) is 15.6 Å². The van der Waals surface area contributed by atoms with Crippen LogP contribution in [0.25, 0.3) is 11.0 Å². The van der Waals surface area contributed by atoms with Gasteiger partial charge >= 0.3 is 0 Å². The molecule has 0 spiro atoms. The number of fused-ring (bicyclic) bond motifs is 1. The molecule has 1 fully saturated rings. The smallest absolute Gasteiger partial charge is 0.244 e. The number of hydrogen-bond donors (Lipinski definition) is 2. The van der Waals surface area contributed by atoms with Gasteiger partial charge in [0.05, 0.1) is 6.54 Å². The zero-order valence-corrected chi connectivity index (χ0v) is 14.0. The highest BCUT2D eigenvalue weighted by molar-refractivity contribution is 5.85. The number of nitrogens with zero attached hydrogens (tertiary/aromatic N) is 2. The van der Waals surface area contributed by atoms with Gasteiger partial charge in [0.15, 0.2) is 5.96 Å². The van der Waals surface area contributed by atoms with Crippen LogP contribution in [0.2, 0.25) is 0 Å². The van der Waals surface area contributed by atoms with E-state index in [9.17, 15) is 4.79 Å². The van der Waals surface area contributed by atoms with E-state index >= 15 is 0 Å². The molecule has 2 aromatic rings. The van der Waals surface area contributed by atoms with Crippen molar-refractivity contribution >= 4 is 22.8 Å². The van der Waals surface area contributed by atoms with Gasteiger partial charge in [0.1, 0.15) is 17.9 Å². The predicted octanol–water partition coefficient (Wildman–Crippen LogP) is 2.11. The van der Waals surface area contributed by atoms with Gasteiger partial charge in [-0.2, -0.15) is 0 Å². The zero-order valence-electron chi connectivity index (χ0n) is 14.0. The maximum atomic E-state index is 12.1. The van der Waals surface area contributed by atoms with E-state index in [0.29, 0.717) is 12.5 Å². The maximum Gasteiger partial charge on any atom is 0.244 e. The zero-order chi connectivity index (χ0) is 16.8. The first kappa shape index (κ1) is 16.4. The van der Waals surface area contributed by atoms with E-state index in [0.717, 1.165) is 49.2 Å². The largest absolute Gasteiger partial charge is 0.459 e. The second kappa shape index (κ2) is 7.86. The monoisotopic (exact) mass is 328 g/mol. The maximum absolute atomic E-state index is 12.1. The second-order valence-corrected chi connectivity index (χ2v) is 5.89. The molecule has 1 aliphatic heterocycles. The molecule has 6 nitrogen and oxygen atoms in total. The van der Waals surface area contributed by atoms with Crippen molar-refractivity contribution in [3.63, 3.8) is 0 Å². The number of amides is 1. The molecule has 1 aromatic heterocycles. The van der Waals surface area contributed by atoms with Gasteiger partial charge in [-0.3, -0.25) is 4.79 Å². The van der Waals surface area contributed by atoms with Gasteiger partial charge in [-0.25, -0.2) is 4.99 Å². The van der Waals surface area contributed by atoms with Crippen molar-refractivity contribution in [2.45, 2.75) is 26.3 Å². The van der Waals surface area contributed by atoms with Crippen molar-refractivity contribution in [2.75, 3.05) is 26.2 Å². The molecule has 0 atom stereocenters. The number of likely N-dealkylation sites (tertiary alicyclic amines) is 1. The first-order valence-electron chi connectivity index (χ1n) is 8.53. The molecule has 2 heterocycles. The summed E-state index contributed by atoms with van der Waals surface area (Å²) in [5.74, 6) is 1.56. The van der Waals surface area contributed by atoms with Crippen LogP contribution in [0.1, 0.15) is 25.5 Å². The fraction of sp³-hybridized carbons (Fsp3) is 0.444. The fourth-order valence-electron chi connectivity index (χ4n) is 2.85. The molecule has 128 valence electrons. The summed E-state index contributed by atoms with van der Waals surface area (Å²) in [6.07, 6.45) is 2.19. The minimum absolute atomic E-state index is 0.0911. The van der Waals surface area contributed by atoms with Crippen LogP contribution in [0.15, 0.2) is 39.7 Å². The molecule has 0 saturated carbocycles. The number of carbonyl (C=O) groups is 1. The molecule has 0 unspecified atom stereocenters. The summed E-state index contributed by atoms with van der Waals surface area (Å²) in [7, 11) is 0. The first-order valence-corrected chi connectivity index (χ1v) is 8.53. The lowest BCUT2D eigenvalue weighted by Gasteiger charge is -2.14. The Morgan fingerprint density at radius 1 is 1.25 bits per heavy atom. The minimum atomic E-state index is 0.0911. The third-order valence-electron chi connectivity index (χ3n) is 4.08. The number of carbonyl (C=O) groups excluding carboxylic acids is 1. The van der Waals surface area contributed by atoms with Crippen molar-refractivity contribution in [1.82, 2.24) is 15.5 Å². The summed E-state index contributed by atoms with van der Waals surface area (Å²) < 4.78 is 5.78. The molecule has 24 heavy (non-hydrogen) atoms. The van der Waals surface area contributed by atoms with E-state index in [-0.39, 0.29) is 12.5 Å². The average Bonchev–Trinajstić information content (AvgIpc) is 3.26. The van der Waals surface area contributed by atoms with Crippen molar-refractivity contribution in [3.05, 3.63) is 36.1 Å². The van der Waals surface area contributed by atoms with Crippen LogP contribution >= 0.6 is 0 Å². The van der Waals surface area contributed by atoms with E-state index in [1.807, 2.05) is 42.2 Å². The topological polar surface area (TPSA) is 69.9 Å². The summed E-state index contributed by atoms with van der Waals surface area (Å²) in [6, 6.07) is 9.94. The molecular weight excluding hydrogens is 304 g/mol. The lowest BCUT2D eigenvalue weighted by Crippen LogP contribution is -2.38. The minimum Gasteiger partial charge on any atom is -0.459 e. The predicted molar refractivity (Wildman–Crippen MR) is 94.8 cm³/mol. The van der Waals surface area contributed by atoms with Crippen LogP contribution in [-0.4, -0.2) is 42.9 Å². The second-order valence-electron chi connectivity index (χ2n) is 5.89. The molecule has 0 bridgehead atoms. The third-order valence-corrected chi connectivity index (χ3v) is 4.08. The number of benzene rings is 1. The number of furan rings is 1. The Kier molecular flexibility index (Phi) is 5.36. The van der Waals surface area contributed by atoms with Crippen molar-refractivity contribution in [3.8, 4) is 0 Å². The summed E-state index contributed by atoms with van der Waals surface area (Å²) in [6.45, 7) is 5.16. The number of guanidine groups is 1. The Labute approximate surface area is 141 Å². The molecule has 1 aliphatic rings. The number of aliphatic imine (C=N–C) groups is 1. The van der Waals surface area contributed by atoms with Gasteiger partial charge in [-0.15, -0.1) is 0 Å². The molecule has 1 amide bonds. The van der Waals surface area contributed by atoms with Gasteiger partial charge in [-0.05, 0) is 31.9 Å². The number of hydrogen-bond acceptors (Lipinski definition) is 3. The van der Waals surface area contributed by atoms with E-state index < -0.39 is 0 Å². The Morgan fingerprint density at radius 2 is 2.04 bits per heavy atom. The Hall–Kier alpha value is -2.50. The molecule has 3 rings (SSSR count). The van der Waals surface area contributed by atoms with Crippen LogP contribution in [0.4, 0.5) is 0 Å². The number of para-hydroxylation sites is 1. The molecule has 1 aromatic carbocycles. The summed E-state index contributed by atoms with van der Waals surface area (Å²) in [5, 5.41) is 7.46.